The van der Waals surface area contributed by atoms with Crippen LogP contribution in [0.4, 0.5) is 0 Å². The van der Waals surface area contributed by atoms with E-state index in [2.05, 4.69) is 21.1 Å². The molecule has 0 aromatic heterocycles. The predicted molar refractivity (Wildman–Crippen MR) is 123 cm³/mol. The van der Waals surface area contributed by atoms with E-state index in [0.717, 1.165) is 19.3 Å². The highest BCUT2D eigenvalue weighted by Crippen LogP contribution is 2.21. The van der Waals surface area contributed by atoms with Gasteiger partial charge in [0.15, 0.2) is 0 Å². The fourth-order valence-corrected chi connectivity index (χ4v) is 2.84. The van der Waals surface area contributed by atoms with Crippen molar-refractivity contribution < 1.29 is 30.0 Å². The van der Waals surface area contributed by atoms with E-state index in [1.165, 1.54) is 48.8 Å². The van der Waals surface area contributed by atoms with Gasteiger partial charge in [0.05, 0.1) is 12.4 Å². The summed E-state index contributed by atoms with van der Waals surface area (Å²) in [4.78, 5) is 23.5. The summed E-state index contributed by atoms with van der Waals surface area (Å²) in [6.45, 7) is 0. The molecule has 0 spiro atoms. The van der Waals surface area contributed by atoms with Gasteiger partial charge in [-0.15, -0.1) is 0 Å². The number of unbranched alkanes of at least 4 members (excludes halogenated alkanes) is 4. The Kier molecular flexibility index (Phi) is 10.2. The van der Waals surface area contributed by atoms with Crippen LogP contribution in [-0.2, 0) is 9.59 Å². The van der Waals surface area contributed by atoms with Crippen molar-refractivity contribution in [1.29, 1.82) is 0 Å². The summed E-state index contributed by atoms with van der Waals surface area (Å²) in [6.07, 6.45) is 7.19. The van der Waals surface area contributed by atoms with E-state index in [0.29, 0.717) is 36.8 Å². The number of rotatable bonds is 12. The molecular weight excluding hydrogens is 428 g/mol. The van der Waals surface area contributed by atoms with Crippen molar-refractivity contribution in [2.75, 3.05) is 0 Å². The minimum absolute atomic E-state index is 0.0606. The minimum atomic E-state index is -0.235. The molecule has 176 valence electrons. The van der Waals surface area contributed by atoms with Gasteiger partial charge >= 0.3 is 0 Å². The quantitative estimate of drug-likeness (QED) is 0.163. The first kappa shape index (κ1) is 25.2. The molecule has 2 aromatic carbocycles. The fraction of sp³-hybridized carbons (Fsp3) is 0.304. The number of hydrazone groups is 2. The second-order valence-corrected chi connectivity index (χ2v) is 7.34. The number of hydrogen-bond acceptors (Lipinski definition) is 8. The summed E-state index contributed by atoms with van der Waals surface area (Å²) in [7, 11) is 0. The molecule has 10 nitrogen and oxygen atoms in total. The van der Waals surface area contributed by atoms with Crippen LogP contribution < -0.4 is 10.9 Å². The lowest BCUT2D eigenvalue weighted by Crippen LogP contribution is -2.17. The second-order valence-electron chi connectivity index (χ2n) is 7.34. The Balaban J connectivity index is 1.51. The summed E-state index contributed by atoms with van der Waals surface area (Å²) in [5.41, 5.74) is 5.53. The third-order valence-electron chi connectivity index (χ3n) is 4.62. The van der Waals surface area contributed by atoms with E-state index < -0.39 is 0 Å². The summed E-state index contributed by atoms with van der Waals surface area (Å²) in [5, 5.41) is 45.3. The van der Waals surface area contributed by atoms with Gasteiger partial charge in [0.1, 0.15) is 23.0 Å². The van der Waals surface area contributed by atoms with Gasteiger partial charge in [-0.05, 0) is 37.1 Å². The van der Waals surface area contributed by atoms with Crippen LogP contribution in [0.5, 0.6) is 23.0 Å². The van der Waals surface area contributed by atoms with Crippen molar-refractivity contribution in [1.82, 2.24) is 10.9 Å². The first-order valence-corrected chi connectivity index (χ1v) is 10.5. The van der Waals surface area contributed by atoms with Gasteiger partial charge in [-0.3, -0.25) is 9.59 Å². The molecule has 0 radical (unpaired) electrons. The van der Waals surface area contributed by atoms with Crippen molar-refractivity contribution in [2.45, 2.75) is 44.9 Å². The van der Waals surface area contributed by atoms with Crippen LogP contribution in [0.15, 0.2) is 46.6 Å². The van der Waals surface area contributed by atoms with Crippen molar-refractivity contribution in [3.8, 4) is 23.0 Å². The maximum absolute atomic E-state index is 11.8. The lowest BCUT2D eigenvalue weighted by Gasteiger charge is -2.03. The number of carbonyl (C=O) groups is 2. The molecule has 0 fully saturated rings. The van der Waals surface area contributed by atoms with Crippen molar-refractivity contribution >= 4 is 24.2 Å². The van der Waals surface area contributed by atoms with E-state index in [1.807, 2.05) is 0 Å². The third-order valence-corrected chi connectivity index (χ3v) is 4.62. The number of nitrogens with zero attached hydrogens (tertiary/aromatic N) is 2. The molecule has 0 saturated carbocycles. The van der Waals surface area contributed by atoms with Gasteiger partial charge in [0.25, 0.3) is 0 Å². The summed E-state index contributed by atoms with van der Waals surface area (Å²) >= 11 is 0. The predicted octanol–water partition coefficient (Wildman–Crippen LogP) is 2.84. The van der Waals surface area contributed by atoms with Crippen LogP contribution in [0.3, 0.4) is 0 Å². The number of phenolic OH excluding ortho intramolecular Hbond substituents is 4. The molecule has 0 saturated heterocycles. The number of nitrogens with one attached hydrogen (secondary N) is 2. The smallest absolute Gasteiger partial charge is 0.240 e. The summed E-state index contributed by atoms with van der Waals surface area (Å²) in [6, 6.07) is 8.14. The molecule has 0 heterocycles. The second kappa shape index (κ2) is 13.4. The number of hydrogen-bond donors (Lipinski definition) is 6. The molecule has 10 heteroatoms. The molecule has 0 aliphatic rings. The molecule has 0 unspecified atom stereocenters. The Hall–Kier alpha value is -4.08. The normalized spacial score (nSPS) is 11.2. The van der Waals surface area contributed by atoms with Crippen molar-refractivity contribution in [3.05, 3.63) is 47.5 Å². The summed E-state index contributed by atoms with van der Waals surface area (Å²) in [5.74, 6) is -0.859. The van der Waals surface area contributed by atoms with Crippen molar-refractivity contribution in [2.24, 2.45) is 10.2 Å². The third kappa shape index (κ3) is 9.72. The average molecular weight is 456 g/mol. The lowest BCUT2D eigenvalue weighted by atomic mass is 10.1. The first-order valence-electron chi connectivity index (χ1n) is 10.5. The summed E-state index contributed by atoms with van der Waals surface area (Å²) < 4.78 is 0. The lowest BCUT2D eigenvalue weighted by molar-refractivity contribution is -0.121. The highest BCUT2D eigenvalue weighted by atomic mass is 16.3. The van der Waals surface area contributed by atoms with Crippen LogP contribution in [0.25, 0.3) is 0 Å². The van der Waals surface area contributed by atoms with E-state index >= 15 is 0 Å². The molecule has 33 heavy (non-hydrogen) atoms. The molecular formula is C23H28N4O6. The maximum Gasteiger partial charge on any atom is 0.240 e. The van der Waals surface area contributed by atoms with E-state index in [4.69, 9.17) is 0 Å². The Morgan fingerprint density at radius 2 is 1.06 bits per heavy atom. The molecule has 0 aliphatic carbocycles. The molecule has 0 atom stereocenters. The van der Waals surface area contributed by atoms with Crippen molar-refractivity contribution in [3.63, 3.8) is 0 Å². The average Bonchev–Trinajstić information content (AvgIpc) is 2.76. The highest BCUT2D eigenvalue weighted by Gasteiger charge is 2.03. The molecule has 6 N–H and O–H groups in total. The van der Waals surface area contributed by atoms with Crippen LogP contribution in [-0.4, -0.2) is 44.7 Å². The fourth-order valence-electron chi connectivity index (χ4n) is 2.84. The maximum atomic E-state index is 11.8. The Labute approximate surface area is 191 Å². The van der Waals surface area contributed by atoms with Gasteiger partial charge in [-0.2, -0.15) is 10.2 Å². The van der Waals surface area contributed by atoms with Gasteiger partial charge in [-0.25, -0.2) is 10.9 Å². The Bertz CT molecular complexity index is 927. The number of amides is 2. The van der Waals surface area contributed by atoms with E-state index in [-0.39, 0.29) is 34.8 Å². The zero-order valence-corrected chi connectivity index (χ0v) is 18.1. The molecule has 2 aromatic rings. The molecule has 0 bridgehead atoms. The number of benzene rings is 2. The zero-order chi connectivity index (χ0) is 24.1. The van der Waals surface area contributed by atoms with Crippen LogP contribution in [0, 0.1) is 0 Å². The number of phenols is 4. The topological polar surface area (TPSA) is 164 Å². The largest absolute Gasteiger partial charge is 0.508 e. The monoisotopic (exact) mass is 456 g/mol. The minimum Gasteiger partial charge on any atom is -0.508 e. The van der Waals surface area contributed by atoms with Gasteiger partial charge in [-0.1, -0.05) is 19.3 Å². The number of aromatic hydroxyl groups is 4. The number of carbonyl (C=O) groups excluding carboxylic acids is 2. The standard InChI is InChI=1S/C23H28N4O6/c28-18-10-8-16(20(30)12-18)14-24-26-22(32)6-4-2-1-3-5-7-23(33)27-25-15-17-9-11-19(29)13-21(17)31/h8-15,28-31H,1-7H2,(H,26,32)(H,27,33)/b24-14-,25-15-. The Morgan fingerprint density at radius 3 is 1.45 bits per heavy atom. The van der Waals surface area contributed by atoms with Gasteiger partial charge in [0, 0.05) is 36.1 Å². The molecule has 2 rings (SSSR count). The van der Waals surface area contributed by atoms with Gasteiger partial charge < -0.3 is 20.4 Å². The SMILES string of the molecule is O=C(CCCCCCCC(=O)N/N=C\c1ccc(O)cc1O)N/N=C\c1ccc(O)cc1O. The van der Waals surface area contributed by atoms with E-state index in [1.54, 1.807) is 0 Å². The first-order chi connectivity index (χ1) is 15.8. The van der Waals surface area contributed by atoms with Crippen LogP contribution >= 0.6 is 0 Å². The van der Waals surface area contributed by atoms with Crippen LogP contribution in [0.2, 0.25) is 0 Å². The zero-order valence-electron chi connectivity index (χ0n) is 18.1. The van der Waals surface area contributed by atoms with E-state index in [9.17, 15) is 30.0 Å². The molecule has 0 aliphatic heterocycles. The molecule has 2 amide bonds. The Morgan fingerprint density at radius 1 is 0.667 bits per heavy atom. The van der Waals surface area contributed by atoms with Crippen LogP contribution in [0.1, 0.15) is 56.1 Å². The van der Waals surface area contributed by atoms with Gasteiger partial charge in [0.2, 0.25) is 11.8 Å². The highest BCUT2D eigenvalue weighted by molar-refractivity contribution is 5.86.